The fourth-order valence-electron chi connectivity index (χ4n) is 7.09. The maximum Gasteiger partial charge on any atom is 0.429 e. The maximum absolute atomic E-state index is 13.0. The molecule has 180 valence electrons. The molecular weight excluding hydrogens is 420 g/mol. The van der Waals surface area contributed by atoms with Crippen LogP contribution in [0, 0.1) is 29.6 Å². The monoisotopic (exact) mass is 462 g/mol. The lowest BCUT2D eigenvalue weighted by atomic mass is 9.51. The van der Waals surface area contributed by atoms with E-state index in [9.17, 15) is 9.59 Å². The Hall–Kier alpha value is -1.50. The van der Waals surface area contributed by atoms with Gasteiger partial charge >= 0.3 is 12.2 Å². The molecule has 32 heavy (non-hydrogen) atoms. The summed E-state index contributed by atoms with van der Waals surface area (Å²) in [7, 11) is -1.67. The fourth-order valence-corrected chi connectivity index (χ4v) is 9.34. The van der Waals surface area contributed by atoms with Crippen molar-refractivity contribution in [1.29, 1.82) is 0 Å². The molecule has 4 bridgehead atoms. The normalized spacial score (nSPS) is 33.0. The van der Waals surface area contributed by atoms with Crippen LogP contribution in [0.5, 0.6) is 0 Å². The second kappa shape index (κ2) is 8.69. The number of nitrogens with zero attached hydrogens (tertiary/aromatic N) is 1. The number of hydrazine groups is 1. The van der Waals surface area contributed by atoms with E-state index in [-0.39, 0.29) is 18.2 Å². The number of amides is 2. The predicted molar refractivity (Wildman–Crippen MR) is 128 cm³/mol. The number of ether oxygens (including phenoxy) is 2. The molecule has 4 fully saturated rings. The van der Waals surface area contributed by atoms with E-state index in [4.69, 9.17) is 9.47 Å². The topological polar surface area (TPSA) is 67.9 Å². The van der Waals surface area contributed by atoms with Crippen LogP contribution in [0.4, 0.5) is 9.59 Å². The quantitative estimate of drug-likeness (QED) is 0.394. The average molecular weight is 463 g/mol. The Bertz CT molecular complexity index is 757. The van der Waals surface area contributed by atoms with E-state index < -0.39 is 20.3 Å². The standard InChI is InChI=1S/C25H42N2O4Si/c1-14(2)30-24(28)26-27(25(29)31-15(3)4)22-21(23(22)32(5,6)7)13-20-18-9-16-8-17(11-18)12-19(20)10-16/h14-20,22H,8-13H2,1-7H3,(H,26,28). The lowest BCUT2D eigenvalue weighted by molar-refractivity contribution is -0.0361. The van der Waals surface area contributed by atoms with Crippen LogP contribution in [0.15, 0.2) is 10.8 Å². The molecule has 0 aliphatic heterocycles. The number of carbonyl (C=O) groups is 2. The summed E-state index contributed by atoms with van der Waals surface area (Å²) in [5.74, 6) is 4.34. The van der Waals surface area contributed by atoms with Gasteiger partial charge in [0.15, 0.2) is 0 Å². The van der Waals surface area contributed by atoms with Gasteiger partial charge in [0.25, 0.3) is 0 Å². The van der Waals surface area contributed by atoms with Gasteiger partial charge in [-0.2, -0.15) is 0 Å². The highest BCUT2D eigenvalue weighted by Gasteiger charge is 2.54. The van der Waals surface area contributed by atoms with E-state index in [2.05, 4.69) is 25.1 Å². The fraction of sp³-hybridized carbons (Fsp3) is 0.840. The first-order valence-electron chi connectivity index (χ1n) is 12.6. The molecule has 1 N–H and O–H groups in total. The predicted octanol–water partition coefficient (Wildman–Crippen LogP) is 5.90. The molecule has 6 nitrogen and oxygen atoms in total. The molecule has 1 unspecified atom stereocenters. The average Bonchev–Trinajstić information content (AvgIpc) is 3.35. The van der Waals surface area contributed by atoms with Gasteiger partial charge in [-0.25, -0.2) is 20.0 Å². The van der Waals surface area contributed by atoms with Crippen molar-refractivity contribution in [1.82, 2.24) is 10.4 Å². The summed E-state index contributed by atoms with van der Waals surface area (Å²) in [6, 6.07) is -0.148. The van der Waals surface area contributed by atoms with Crippen molar-refractivity contribution >= 4 is 20.3 Å². The van der Waals surface area contributed by atoms with E-state index in [1.807, 2.05) is 13.8 Å². The number of hydrogen-bond acceptors (Lipinski definition) is 4. The lowest BCUT2D eigenvalue weighted by Crippen LogP contribution is -2.51. The zero-order chi connectivity index (χ0) is 23.4. The zero-order valence-corrected chi connectivity index (χ0v) is 21.9. The van der Waals surface area contributed by atoms with Crippen molar-refractivity contribution in [2.75, 3.05) is 0 Å². The van der Waals surface area contributed by atoms with Crippen molar-refractivity contribution in [3.63, 3.8) is 0 Å². The number of nitrogens with one attached hydrogen (secondary N) is 1. The highest BCUT2D eigenvalue weighted by molar-refractivity contribution is 6.84. The Morgan fingerprint density at radius 1 is 0.938 bits per heavy atom. The molecule has 2 amide bonds. The molecule has 0 aromatic rings. The first kappa shape index (κ1) is 23.6. The van der Waals surface area contributed by atoms with Crippen LogP contribution >= 0.6 is 0 Å². The third-order valence-corrected chi connectivity index (χ3v) is 10.1. The largest absolute Gasteiger partial charge is 0.446 e. The lowest BCUT2D eigenvalue weighted by Gasteiger charge is -2.54. The van der Waals surface area contributed by atoms with Gasteiger partial charge in [-0.05, 0) is 101 Å². The minimum atomic E-state index is -1.67. The summed E-state index contributed by atoms with van der Waals surface area (Å²) in [5.41, 5.74) is 4.11. The van der Waals surface area contributed by atoms with E-state index in [0.29, 0.717) is 0 Å². The molecule has 5 rings (SSSR count). The van der Waals surface area contributed by atoms with Gasteiger partial charge in [0.1, 0.15) is 0 Å². The van der Waals surface area contributed by atoms with Crippen LogP contribution in [0.2, 0.25) is 19.6 Å². The number of rotatable bonds is 6. The highest BCUT2D eigenvalue weighted by Crippen LogP contribution is 2.60. The van der Waals surface area contributed by atoms with Gasteiger partial charge in [0, 0.05) is 0 Å². The van der Waals surface area contributed by atoms with Crippen LogP contribution in [-0.4, -0.2) is 43.5 Å². The summed E-state index contributed by atoms with van der Waals surface area (Å²) in [6.07, 6.45) is 6.52. The van der Waals surface area contributed by atoms with Crippen LogP contribution in [0.25, 0.3) is 0 Å². The minimum Gasteiger partial charge on any atom is -0.446 e. The minimum absolute atomic E-state index is 0.148. The maximum atomic E-state index is 13.0. The molecule has 0 radical (unpaired) electrons. The molecule has 5 aliphatic carbocycles. The zero-order valence-electron chi connectivity index (χ0n) is 20.9. The summed E-state index contributed by atoms with van der Waals surface area (Å²) >= 11 is 0. The second-order valence-electron chi connectivity index (χ2n) is 12.3. The van der Waals surface area contributed by atoms with Crippen LogP contribution < -0.4 is 5.43 Å². The van der Waals surface area contributed by atoms with E-state index in [1.165, 1.54) is 47.9 Å². The second-order valence-corrected chi connectivity index (χ2v) is 17.3. The summed E-state index contributed by atoms with van der Waals surface area (Å²) < 4.78 is 10.8. The molecule has 4 saturated carbocycles. The Morgan fingerprint density at radius 3 is 1.94 bits per heavy atom. The van der Waals surface area contributed by atoms with E-state index in [1.54, 1.807) is 13.8 Å². The Morgan fingerprint density at radius 2 is 1.47 bits per heavy atom. The van der Waals surface area contributed by atoms with Crippen LogP contribution in [-0.2, 0) is 9.47 Å². The van der Waals surface area contributed by atoms with Crippen LogP contribution in [0.1, 0.15) is 66.2 Å². The molecule has 7 heteroatoms. The van der Waals surface area contributed by atoms with E-state index in [0.717, 1.165) is 36.0 Å². The molecule has 0 heterocycles. The third kappa shape index (κ3) is 4.87. The van der Waals surface area contributed by atoms with Crippen molar-refractivity contribution in [3.05, 3.63) is 10.8 Å². The van der Waals surface area contributed by atoms with Crippen LogP contribution in [0.3, 0.4) is 0 Å². The van der Waals surface area contributed by atoms with Crippen molar-refractivity contribution in [3.8, 4) is 0 Å². The Balaban J connectivity index is 1.53. The van der Waals surface area contributed by atoms with Crippen molar-refractivity contribution in [2.45, 2.75) is 104 Å². The van der Waals surface area contributed by atoms with Gasteiger partial charge in [-0.15, -0.1) is 0 Å². The van der Waals surface area contributed by atoms with Crippen molar-refractivity contribution in [2.24, 2.45) is 29.6 Å². The van der Waals surface area contributed by atoms with Gasteiger partial charge in [0.05, 0.1) is 26.3 Å². The number of carbonyl (C=O) groups excluding carboxylic acids is 2. The molecular formula is C25H42N2O4Si. The third-order valence-electron chi connectivity index (χ3n) is 7.90. The summed E-state index contributed by atoms with van der Waals surface area (Å²) in [5, 5.41) is 2.82. The summed E-state index contributed by atoms with van der Waals surface area (Å²) in [4.78, 5) is 25.5. The number of hydrogen-bond donors (Lipinski definition) is 1. The first-order chi connectivity index (χ1) is 14.9. The van der Waals surface area contributed by atoms with Gasteiger partial charge in [-0.3, -0.25) is 0 Å². The van der Waals surface area contributed by atoms with Crippen molar-refractivity contribution < 1.29 is 19.1 Å². The Kier molecular flexibility index (Phi) is 6.42. The smallest absolute Gasteiger partial charge is 0.429 e. The molecule has 1 atom stereocenters. The van der Waals surface area contributed by atoms with Gasteiger partial charge in [0.2, 0.25) is 0 Å². The SMILES string of the molecule is CC(C)OC(=O)NN(C(=O)OC(C)C)C1C(CC2C3CC4CC(C3)CC2C4)=C1[Si](C)(C)C. The molecule has 0 spiro atoms. The summed E-state index contributed by atoms with van der Waals surface area (Å²) in [6.45, 7) is 14.3. The first-order valence-corrected chi connectivity index (χ1v) is 16.1. The van der Waals surface area contributed by atoms with Gasteiger partial charge < -0.3 is 9.47 Å². The Labute approximate surface area is 194 Å². The molecule has 5 aliphatic rings. The van der Waals surface area contributed by atoms with E-state index >= 15 is 0 Å². The molecule has 0 aromatic carbocycles. The highest BCUT2D eigenvalue weighted by atomic mass is 28.3. The van der Waals surface area contributed by atoms with Gasteiger partial charge in [-0.1, -0.05) is 24.8 Å². The molecule has 0 saturated heterocycles. The molecule has 0 aromatic heterocycles.